The van der Waals surface area contributed by atoms with Crippen LogP contribution in [0.15, 0.2) is 65.7 Å². The monoisotopic (exact) mass is 528 g/mol. The lowest BCUT2D eigenvalue weighted by Gasteiger charge is -2.16. The van der Waals surface area contributed by atoms with Crippen LogP contribution in [0, 0.1) is 30.0 Å². The molecule has 1 amide bonds. The average Bonchev–Trinajstić information content (AvgIpc) is 2.89. The van der Waals surface area contributed by atoms with E-state index < -0.39 is 15.6 Å². The van der Waals surface area contributed by atoms with Crippen LogP contribution in [-0.2, 0) is 9.73 Å². The first-order valence-electron chi connectivity index (χ1n) is 11.3. The molecular weight excluding hydrogens is 504 g/mol. The Kier molecular flexibility index (Phi) is 7.36. The van der Waals surface area contributed by atoms with E-state index in [1.807, 2.05) is 25.1 Å². The van der Waals surface area contributed by atoms with Crippen molar-refractivity contribution in [2.75, 3.05) is 18.7 Å². The molecule has 11 heteroatoms. The van der Waals surface area contributed by atoms with Gasteiger partial charge in [-0.05, 0) is 61.9 Å². The topological polar surface area (TPSA) is 151 Å². The summed E-state index contributed by atoms with van der Waals surface area (Å²) in [5.74, 6) is -0.114. The maximum absolute atomic E-state index is 13.6. The Morgan fingerprint density at radius 2 is 1.87 bits per heavy atom. The van der Waals surface area contributed by atoms with Gasteiger partial charge in [0.25, 0.3) is 11.8 Å². The van der Waals surface area contributed by atoms with Gasteiger partial charge in [0.15, 0.2) is 11.5 Å². The number of carbonyl (C=O) groups is 1. The van der Waals surface area contributed by atoms with Crippen molar-refractivity contribution in [1.29, 1.82) is 10.0 Å². The molecule has 0 bridgehead atoms. The van der Waals surface area contributed by atoms with E-state index in [2.05, 4.69) is 20.5 Å². The number of ether oxygens (including phenoxy) is 2. The number of benzene rings is 2. The molecule has 192 valence electrons. The number of pyridine rings is 1. The molecule has 0 aliphatic heterocycles. The van der Waals surface area contributed by atoms with Crippen LogP contribution in [0.5, 0.6) is 17.4 Å². The summed E-state index contributed by atoms with van der Waals surface area (Å²) in [5, 5.41) is 20.5. The van der Waals surface area contributed by atoms with Crippen LogP contribution in [-0.4, -0.2) is 38.7 Å². The second kappa shape index (κ2) is 10.7. The number of amides is 1. The predicted octanol–water partition coefficient (Wildman–Crippen LogP) is 5.12. The lowest BCUT2D eigenvalue weighted by atomic mass is 10.0. The Hall–Kier alpha value is -4.82. The summed E-state index contributed by atoms with van der Waals surface area (Å²) in [6.07, 6.45) is 2.96. The number of aryl methyl sites for hydroxylation is 1. The van der Waals surface area contributed by atoms with Gasteiger partial charge in [0.1, 0.15) is 5.56 Å². The van der Waals surface area contributed by atoms with Crippen molar-refractivity contribution in [1.82, 2.24) is 15.2 Å². The Balaban J connectivity index is 1.81. The molecule has 2 aromatic heterocycles. The molecule has 2 heterocycles. The summed E-state index contributed by atoms with van der Waals surface area (Å²) in [5.41, 5.74) is 3.26. The summed E-state index contributed by atoms with van der Waals surface area (Å²) in [7, 11) is -1.55. The van der Waals surface area contributed by atoms with Gasteiger partial charge < -0.3 is 14.8 Å². The lowest BCUT2D eigenvalue weighted by molar-refractivity contribution is 0.102. The van der Waals surface area contributed by atoms with Crippen LogP contribution in [0.2, 0.25) is 0 Å². The number of aromatic nitrogens is 3. The number of nitrogens with zero attached hydrogens (tertiary/aromatic N) is 4. The first-order chi connectivity index (χ1) is 18.1. The van der Waals surface area contributed by atoms with E-state index in [1.54, 1.807) is 43.5 Å². The lowest BCUT2D eigenvalue weighted by Crippen LogP contribution is -2.17. The molecular formula is C27H24N6O4S. The molecule has 0 aliphatic rings. The van der Waals surface area contributed by atoms with E-state index in [0.717, 1.165) is 5.69 Å². The maximum Gasteiger partial charge on any atom is 0.261 e. The van der Waals surface area contributed by atoms with E-state index in [1.165, 1.54) is 25.5 Å². The van der Waals surface area contributed by atoms with Crippen molar-refractivity contribution in [3.05, 3.63) is 83.2 Å². The zero-order valence-corrected chi connectivity index (χ0v) is 21.9. The van der Waals surface area contributed by atoms with Crippen LogP contribution < -0.4 is 14.8 Å². The zero-order valence-electron chi connectivity index (χ0n) is 21.1. The number of nitriles is 1. The Morgan fingerprint density at radius 1 is 1.08 bits per heavy atom. The fourth-order valence-corrected chi connectivity index (χ4v) is 4.35. The number of nitrogens with one attached hydrogen (secondary N) is 2. The van der Waals surface area contributed by atoms with Crippen LogP contribution in [0.3, 0.4) is 0 Å². The highest BCUT2D eigenvalue weighted by atomic mass is 32.2. The average molecular weight is 529 g/mol. The minimum atomic E-state index is -2.98. The number of methoxy groups -OCH3 is 1. The Morgan fingerprint density at radius 3 is 2.53 bits per heavy atom. The molecule has 0 fully saturated rings. The quantitative estimate of drug-likeness (QED) is 0.336. The van der Waals surface area contributed by atoms with E-state index in [9.17, 15) is 14.3 Å². The maximum atomic E-state index is 13.6. The Bertz CT molecular complexity index is 1680. The Labute approximate surface area is 220 Å². The smallest absolute Gasteiger partial charge is 0.261 e. The highest BCUT2D eigenvalue weighted by Gasteiger charge is 2.24. The van der Waals surface area contributed by atoms with Gasteiger partial charge in [-0.2, -0.15) is 5.26 Å². The van der Waals surface area contributed by atoms with Crippen molar-refractivity contribution < 1.29 is 18.5 Å². The summed E-state index contributed by atoms with van der Waals surface area (Å²) < 4.78 is 31.4. The number of hydrogen-bond acceptors (Lipinski definition) is 9. The molecule has 0 saturated heterocycles. The van der Waals surface area contributed by atoms with Crippen LogP contribution in [0.1, 0.15) is 27.2 Å². The van der Waals surface area contributed by atoms with E-state index in [-0.39, 0.29) is 27.8 Å². The van der Waals surface area contributed by atoms with E-state index in [0.29, 0.717) is 28.1 Å². The van der Waals surface area contributed by atoms with Crippen LogP contribution >= 0.6 is 0 Å². The molecule has 2 aromatic carbocycles. The molecule has 38 heavy (non-hydrogen) atoms. The third-order valence-corrected chi connectivity index (χ3v) is 6.79. The van der Waals surface area contributed by atoms with E-state index in [4.69, 9.17) is 14.3 Å². The second-order valence-electron chi connectivity index (χ2n) is 8.45. The van der Waals surface area contributed by atoms with Crippen molar-refractivity contribution >= 4 is 21.3 Å². The predicted molar refractivity (Wildman–Crippen MR) is 142 cm³/mol. The summed E-state index contributed by atoms with van der Waals surface area (Å²) >= 11 is 0. The molecule has 0 aliphatic carbocycles. The molecule has 4 rings (SSSR count). The second-order valence-corrected chi connectivity index (χ2v) is 10.6. The number of hydrogen-bond donors (Lipinski definition) is 2. The van der Waals surface area contributed by atoms with Gasteiger partial charge in [0, 0.05) is 40.4 Å². The summed E-state index contributed by atoms with van der Waals surface area (Å²) in [4.78, 5) is 18.2. The molecule has 0 spiro atoms. The van der Waals surface area contributed by atoms with E-state index >= 15 is 0 Å². The van der Waals surface area contributed by atoms with Crippen LogP contribution in [0.25, 0.3) is 11.3 Å². The molecule has 4 aromatic rings. The van der Waals surface area contributed by atoms with Gasteiger partial charge in [0.2, 0.25) is 0 Å². The first-order valence-corrected chi connectivity index (χ1v) is 13.3. The minimum absolute atomic E-state index is 0.0808. The molecule has 1 atom stereocenters. The van der Waals surface area contributed by atoms with Crippen molar-refractivity contribution in [3.63, 3.8) is 0 Å². The zero-order chi connectivity index (χ0) is 27.4. The number of rotatable bonds is 7. The van der Waals surface area contributed by atoms with Gasteiger partial charge in [-0.15, -0.1) is 10.2 Å². The van der Waals surface area contributed by atoms with Gasteiger partial charge in [-0.1, -0.05) is 6.07 Å². The molecule has 10 nitrogen and oxygen atoms in total. The third-order valence-electron chi connectivity index (χ3n) is 5.64. The number of anilines is 1. The highest BCUT2D eigenvalue weighted by Crippen LogP contribution is 2.35. The minimum Gasteiger partial charge on any atom is -0.493 e. The SMILES string of the molecule is COc1cc(C#N)ccc1Oc1nnc(-c2ccc(C)nc2)c(C)c1C(=O)Nc1cccc(S(C)(=N)=O)c1. The van der Waals surface area contributed by atoms with Gasteiger partial charge in [-0.3, -0.25) is 9.78 Å². The molecule has 2 N–H and O–H groups in total. The largest absolute Gasteiger partial charge is 0.493 e. The van der Waals surface area contributed by atoms with Crippen molar-refractivity contribution in [2.24, 2.45) is 0 Å². The van der Waals surface area contributed by atoms with Crippen molar-refractivity contribution in [2.45, 2.75) is 18.7 Å². The third kappa shape index (κ3) is 5.61. The fourth-order valence-electron chi connectivity index (χ4n) is 3.66. The van der Waals surface area contributed by atoms with Crippen molar-refractivity contribution in [3.8, 4) is 34.7 Å². The first kappa shape index (κ1) is 26.2. The van der Waals surface area contributed by atoms with Gasteiger partial charge in [0.05, 0.1) is 34.2 Å². The van der Waals surface area contributed by atoms with Crippen LogP contribution in [0.4, 0.5) is 5.69 Å². The van der Waals surface area contributed by atoms with Gasteiger partial charge in [-0.25, -0.2) is 8.99 Å². The molecule has 0 saturated carbocycles. The summed E-state index contributed by atoms with van der Waals surface area (Å²) in [6, 6.07) is 16.6. The standard InChI is InChI=1S/C27H24N6O4S/c1-16-8-10-19(15-30-16)25-17(2)24(26(34)31-20-6-5-7-21(13-20)38(4,29)35)27(33-32-25)37-22-11-9-18(14-28)12-23(22)36-3/h5-13,15,29H,1-4H3,(H,31,34). The normalized spacial score (nSPS) is 12.2. The highest BCUT2D eigenvalue weighted by molar-refractivity contribution is 7.91. The molecule has 0 radical (unpaired) electrons. The molecule has 1 unspecified atom stereocenters. The fraction of sp³-hybridized carbons (Fsp3) is 0.148. The van der Waals surface area contributed by atoms with Gasteiger partial charge >= 0.3 is 0 Å². The number of carbonyl (C=O) groups excluding carboxylic acids is 1. The summed E-state index contributed by atoms with van der Waals surface area (Å²) in [6.45, 7) is 3.59.